The molecule has 0 radical (unpaired) electrons. The van der Waals surface area contributed by atoms with Crippen LogP contribution in [0.4, 0.5) is 25.8 Å². The minimum Gasteiger partial charge on any atom is -0.378 e. The Kier molecular flexibility index (Phi) is 5.25. The van der Waals surface area contributed by atoms with Crippen molar-refractivity contribution in [3.8, 4) is 0 Å². The number of benzene rings is 3. The van der Waals surface area contributed by atoms with Crippen molar-refractivity contribution in [3.63, 3.8) is 0 Å². The van der Waals surface area contributed by atoms with Crippen molar-refractivity contribution in [2.45, 2.75) is 0 Å². The van der Waals surface area contributed by atoms with Gasteiger partial charge in [0.15, 0.2) is 0 Å². The van der Waals surface area contributed by atoms with Gasteiger partial charge in [-0.05, 0) is 66.2 Å². The van der Waals surface area contributed by atoms with E-state index in [4.69, 9.17) is 0 Å². The van der Waals surface area contributed by atoms with E-state index in [2.05, 4.69) is 5.32 Å². The molecule has 3 aromatic carbocycles. The maximum atomic E-state index is 13.4. The molecule has 0 fully saturated rings. The van der Waals surface area contributed by atoms with Crippen LogP contribution in [0, 0.1) is 11.6 Å². The van der Waals surface area contributed by atoms with Crippen LogP contribution in [-0.4, -0.2) is 25.9 Å². The van der Waals surface area contributed by atoms with Crippen LogP contribution in [0.3, 0.4) is 0 Å². The number of rotatable bonds is 5. The second kappa shape index (κ2) is 8.02. The van der Waals surface area contributed by atoms with E-state index in [0.29, 0.717) is 16.9 Å². The average molecular weight is 419 g/mol. The van der Waals surface area contributed by atoms with Crippen LogP contribution in [-0.2, 0) is 9.59 Å². The Balaban J connectivity index is 1.77. The molecule has 0 bridgehead atoms. The van der Waals surface area contributed by atoms with E-state index in [9.17, 15) is 18.4 Å². The van der Waals surface area contributed by atoms with Gasteiger partial charge in [0.2, 0.25) is 0 Å². The zero-order valence-corrected chi connectivity index (χ0v) is 16.9. The summed E-state index contributed by atoms with van der Waals surface area (Å²) in [7, 11) is 3.78. The topological polar surface area (TPSA) is 52.6 Å². The lowest BCUT2D eigenvalue weighted by Crippen LogP contribution is -2.32. The van der Waals surface area contributed by atoms with Gasteiger partial charge in [0.25, 0.3) is 11.8 Å². The molecular weight excluding hydrogens is 400 g/mol. The Labute approximate surface area is 178 Å². The molecule has 5 nitrogen and oxygen atoms in total. The number of hydrogen-bond acceptors (Lipinski definition) is 4. The molecule has 0 spiro atoms. The normalized spacial score (nSPS) is 13.7. The van der Waals surface area contributed by atoms with Crippen LogP contribution in [0.25, 0.3) is 5.57 Å². The molecule has 0 aromatic heterocycles. The first-order valence-corrected chi connectivity index (χ1v) is 9.54. The van der Waals surface area contributed by atoms with E-state index in [-0.39, 0.29) is 11.3 Å². The molecule has 1 heterocycles. The monoisotopic (exact) mass is 419 g/mol. The Bertz CT molecular complexity index is 1170. The molecule has 0 saturated carbocycles. The van der Waals surface area contributed by atoms with E-state index >= 15 is 0 Å². The smallest absolute Gasteiger partial charge is 0.282 e. The second-order valence-electron chi connectivity index (χ2n) is 7.25. The summed E-state index contributed by atoms with van der Waals surface area (Å²) in [6, 6.07) is 17.8. The predicted molar refractivity (Wildman–Crippen MR) is 117 cm³/mol. The summed E-state index contributed by atoms with van der Waals surface area (Å²) in [4.78, 5) is 29.6. The van der Waals surface area contributed by atoms with Gasteiger partial charge in [0, 0.05) is 25.5 Å². The van der Waals surface area contributed by atoms with Gasteiger partial charge in [-0.1, -0.05) is 12.1 Å². The van der Waals surface area contributed by atoms with E-state index < -0.39 is 23.4 Å². The summed E-state index contributed by atoms with van der Waals surface area (Å²) in [5.41, 5.74) is 2.33. The summed E-state index contributed by atoms with van der Waals surface area (Å²) in [5.74, 6) is -1.95. The van der Waals surface area contributed by atoms with Gasteiger partial charge in [-0.25, -0.2) is 13.7 Å². The number of nitrogens with one attached hydrogen (secondary N) is 1. The highest BCUT2D eigenvalue weighted by Gasteiger charge is 2.40. The van der Waals surface area contributed by atoms with Gasteiger partial charge in [-0.3, -0.25) is 9.59 Å². The molecule has 1 N–H and O–H groups in total. The lowest BCUT2D eigenvalue weighted by Gasteiger charge is -2.18. The highest BCUT2D eigenvalue weighted by molar-refractivity contribution is 6.46. The standard InChI is InChI=1S/C24H19F2N3O2/c1-28(2)19-11-13-20(14-12-19)29-23(30)21(15-3-5-16(25)6-4-15)22(24(29)31)27-18-9-7-17(26)8-10-18/h3-14,27H,1-2H3. The molecule has 0 atom stereocenters. The number of amides is 2. The molecule has 2 amide bonds. The molecule has 156 valence electrons. The molecule has 0 aliphatic carbocycles. The van der Waals surface area contributed by atoms with Gasteiger partial charge in [-0.15, -0.1) is 0 Å². The quantitative estimate of drug-likeness (QED) is 0.622. The molecule has 0 saturated heterocycles. The highest BCUT2D eigenvalue weighted by atomic mass is 19.1. The summed E-state index contributed by atoms with van der Waals surface area (Å²) >= 11 is 0. The Morgan fingerprint density at radius 2 is 1.29 bits per heavy atom. The van der Waals surface area contributed by atoms with Crippen LogP contribution < -0.4 is 15.1 Å². The van der Waals surface area contributed by atoms with Gasteiger partial charge in [0.1, 0.15) is 17.3 Å². The SMILES string of the molecule is CN(C)c1ccc(N2C(=O)C(Nc3ccc(F)cc3)=C(c3ccc(F)cc3)C2=O)cc1. The first-order chi connectivity index (χ1) is 14.8. The molecular formula is C24H19F2N3O2. The van der Waals surface area contributed by atoms with E-state index in [1.165, 1.54) is 48.5 Å². The molecule has 7 heteroatoms. The first kappa shape index (κ1) is 20.3. The summed E-state index contributed by atoms with van der Waals surface area (Å²) in [6.45, 7) is 0. The van der Waals surface area contributed by atoms with Crippen molar-refractivity contribution in [2.75, 3.05) is 29.2 Å². The minimum atomic E-state index is -0.550. The number of carbonyl (C=O) groups excluding carboxylic acids is 2. The molecule has 31 heavy (non-hydrogen) atoms. The summed E-state index contributed by atoms with van der Waals surface area (Å²) < 4.78 is 26.7. The zero-order chi connectivity index (χ0) is 22.1. The Morgan fingerprint density at radius 1 is 0.742 bits per heavy atom. The zero-order valence-electron chi connectivity index (χ0n) is 16.9. The van der Waals surface area contributed by atoms with Gasteiger partial charge in [0.05, 0.1) is 11.3 Å². The van der Waals surface area contributed by atoms with Crippen molar-refractivity contribution >= 4 is 34.4 Å². The Hall–Kier alpha value is -4.00. The number of hydrogen-bond donors (Lipinski definition) is 1. The van der Waals surface area contributed by atoms with Crippen molar-refractivity contribution < 1.29 is 18.4 Å². The van der Waals surface area contributed by atoms with Crippen molar-refractivity contribution in [1.29, 1.82) is 0 Å². The van der Waals surface area contributed by atoms with Crippen LogP contribution in [0.15, 0.2) is 78.5 Å². The van der Waals surface area contributed by atoms with Crippen LogP contribution >= 0.6 is 0 Å². The third-order valence-corrected chi connectivity index (χ3v) is 4.95. The molecule has 4 rings (SSSR count). The third kappa shape index (κ3) is 3.90. The fourth-order valence-corrected chi connectivity index (χ4v) is 3.34. The Morgan fingerprint density at radius 3 is 1.84 bits per heavy atom. The predicted octanol–water partition coefficient (Wildman–Crippen LogP) is 4.43. The summed E-state index contributed by atoms with van der Waals surface area (Å²) in [6.07, 6.45) is 0. The fourth-order valence-electron chi connectivity index (χ4n) is 3.34. The van der Waals surface area contributed by atoms with Crippen LogP contribution in [0.1, 0.15) is 5.56 Å². The maximum absolute atomic E-state index is 13.4. The molecule has 0 unspecified atom stereocenters. The lowest BCUT2D eigenvalue weighted by atomic mass is 10.0. The fraction of sp³-hybridized carbons (Fsp3) is 0.0833. The third-order valence-electron chi connectivity index (χ3n) is 4.95. The highest BCUT2D eigenvalue weighted by Crippen LogP contribution is 2.34. The molecule has 1 aliphatic heterocycles. The van der Waals surface area contributed by atoms with Gasteiger partial charge < -0.3 is 10.2 Å². The number of halogens is 2. The van der Waals surface area contributed by atoms with Gasteiger partial charge in [-0.2, -0.15) is 0 Å². The number of carbonyl (C=O) groups is 2. The van der Waals surface area contributed by atoms with E-state index in [0.717, 1.165) is 10.6 Å². The van der Waals surface area contributed by atoms with E-state index in [1.54, 1.807) is 24.3 Å². The lowest BCUT2D eigenvalue weighted by molar-refractivity contribution is -0.120. The number of imide groups is 1. The molecule has 1 aliphatic rings. The second-order valence-corrected chi connectivity index (χ2v) is 7.25. The number of anilines is 3. The van der Waals surface area contributed by atoms with Crippen molar-refractivity contribution in [1.82, 2.24) is 0 Å². The minimum absolute atomic E-state index is 0.0416. The van der Waals surface area contributed by atoms with E-state index in [1.807, 2.05) is 19.0 Å². The maximum Gasteiger partial charge on any atom is 0.282 e. The largest absolute Gasteiger partial charge is 0.378 e. The van der Waals surface area contributed by atoms with Crippen LogP contribution in [0.2, 0.25) is 0 Å². The summed E-state index contributed by atoms with van der Waals surface area (Å²) in [5, 5.41) is 2.94. The average Bonchev–Trinajstić information content (AvgIpc) is 3.00. The van der Waals surface area contributed by atoms with Gasteiger partial charge >= 0.3 is 0 Å². The van der Waals surface area contributed by atoms with Crippen molar-refractivity contribution in [3.05, 3.63) is 95.7 Å². The van der Waals surface area contributed by atoms with Crippen molar-refractivity contribution in [2.24, 2.45) is 0 Å². The first-order valence-electron chi connectivity index (χ1n) is 9.54. The van der Waals surface area contributed by atoms with Crippen LogP contribution in [0.5, 0.6) is 0 Å². The number of nitrogens with zero attached hydrogens (tertiary/aromatic N) is 2. The molecule has 3 aromatic rings.